The Hall–Kier alpha value is -2.38. The van der Waals surface area contributed by atoms with E-state index in [0.717, 1.165) is 19.3 Å². The maximum atomic E-state index is 12.8. The first-order chi connectivity index (χ1) is 12.5. The maximum absolute atomic E-state index is 12.8. The second-order valence-electron chi connectivity index (χ2n) is 6.18. The van der Waals surface area contributed by atoms with Crippen molar-refractivity contribution in [2.24, 2.45) is 0 Å². The van der Waals surface area contributed by atoms with E-state index < -0.39 is 10.0 Å². The third kappa shape index (κ3) is 4.05. The van der Waals surface area contributed by atoms with E-state index in [1.807, 2.05) is 0 Å². The summed E-state index contributed by atoms with van der Waals surface area (Å²) < 4.78 is 32.1. The number of nitrogens with zero attached hydrogens (tertiary/aromatic N) is 1. The van der Waals surface area contributed by atoms with Gasteiger partial charge in [0, 0.05) is 24.3 Å². The summed E-state index contributed by atoms with van der Waals surface area (Å²) in [5.41, 5.74) is 0.916. The number of hydrogen-bond acceptors (Lipinski definition) is 4. The fourth-order valence-corrected chi connectivity index (χ4v) is 4.49. The van der Waals surface area contributed by atoms with Crippen LogP contribution in [-0.4, -0.2) is 38.8 Å². The molecule has 1 N–H and O–H groups in total. The van der Waals surface area contributed by atoms with Crippen molar-refractivity contribution in [2.45, 2.75) is 24.2 Å². The summed E-state index contributed by atoms with van der Waals surface area (Å²) in [4.78, 5) is 12.6. The van der Waals surface area contributed by atoms with Gasteiger partial charge in [0.15, 0.2) is 0 Å². The van der Waals surface area contributed by atoms with Gasteiger partial charge < -0.3 is 10.1 Å². The van der Waals surface area contributed by atoms with Gasteiger partial charge in [-0.15, -0.1) is 0 Å². The largest absolute Gasteiger partial charge is 0.497 e. The second-order valence-corrected chi connectivity index (χ2v) is 8.11. The van der Waals surface area contributed by atoms with Crippen LogP contribution < -0.4 is 10.1 Å². The van der Waals surface area contributed by atoms with Crippen LogP contribution in [0.3, 0.4) is 0 Å². The summed E-state index contributed by atoms with van der Waals surface area (Å²) in [7, 11) is -1.99. The molecule has 7 heteroatoms. The number of ether oxygens (including phenoxy) is 1. The molecule has 1 heterocycles. The van der Waals surface area contributed by atoms with Gasteiger partial charge >= 0.3 is 0 Å². The Kier molecular flexibility index (Phi) is 5.58. The van der Waals surface area contributed by atoms with E-state index >= 15 is 0 Å². The molecule has 0 bridgehead atoms. The molecule has 0 saturated carbocycles. The van der Waals surface area contributed by atoms with Crippen molar-refractivity contribution < 1.29 is 17.9 Å². The summed E-state index contributed by atoms with van der Waals surface area (Å²) in [5, 5.41) is 2.76. The summed E-state index contributed by atoms with van der Waals surface area (Å²) in [6, 6.07) is 13.1. The zero-order valence-electron chi connectivity index (χ0n) is 14.6. The van der Waals surface area contributed by atoms with Gasteiger partial charge in [0.2, 0.25) is 10.0 Å². The molecular weight excluding hydrogens is 352 g/mol. The Bertz CT molecular complexity index is 873. The smallest absolute Gasteiger partial charge is 0.255 e. The van der Waals surface area contributed by atoms with Crippen LogP contribution in [0.4, 0.5) is 5.69 Å². The van der Waals surface area contributed by atoms with Crippen molar-refractivity contribution in [3.05, 3.63) is 54.1 Å². The van der Waals surface area contributed by atoms with Gasteiger partial charge in [-0.1, -0.05) is 12.5 Å². The number of methoxy groups -OCH3 is 1. The van der Waals surface area contributed by atoms with E-state index in [1.165, 1.54) is 16.4 Å². The fraction of sp³-hybridized carbons (Fsp3) is 0.316. The SMILES string of the molecule is COc1ccc(NC(=O)c2cccc(S(=O)(=O)N3CCCCC3)c2)cc1. The molecule has 1 aliphatic rings. The predicted molar refractivity (Wildman–Crippen MR) is 100.0 cm³/mol. The molecule has 2 aromatic rings. The summed E-state index contributed by atoms with van der Waals surface area (Å²) in [5.74, 6) is 0.337. The van der Waals surface area contributed by atoms with Gasteiger partial charge in [0.25, 0.3) is 5.91 Å². The zero-order valence-corrected chi connectivity index (χ0v) is 15.5. The second kappa shape index (κ2) is 7.88. The lowest BCUT2D eigenvalue weighted by Gasteiger charge is -2.26. The zero-order chi connectivity index (χ0) is 18.6. The monoisotopic (exact) mass is 374 g/mol. The van der Waals surface area contributed by atoms with Crippen LogP contribution >= 0.6 is 0 Å². The average Bonchev–Trinajstić information content (AvgIpc) is 2.69. The molecule has 2 aromatic carbocycles. The maximum Gasteiger partial charge on any atom is 0.255 e. The Labute approximate surface area is 153 Å². The highest BCUT2D eigenvalue weighted by molar-refractivity contribution is 7.89. The number of hydrogen-bond donors (Lipinski definition) is 1. The minimum atomic E-state index is -3.56. The first kappa shape index (κ1) is 18.4. The van der Waals surface area contributed by atoms with Crippen LogP contribution in [0.1, 0.15) is 29.6 Å². The number of sulfonamides is 1. The minimum Gasteiger partial charge on any atom is -0.497 e. The number of amides is 1. The van der Waals surface area contributed by atoms with Gasteiger partial charge in [0.1, 0.15) is 5.75 Å². The summed E-state index contributed by atoms with van der Waals surface area (Å²) >= 11 is 0. The molecule has 0 spiro atoms. The fourth-order valence-electron chi connectivity index (χ4n) is 2.93. The van der Waals surface area contributed by atoms with E-state index in [4.69, 9.17) is 4.74 Å². The van der Waals surface area contributed by atoms with Crippen LogP contribution in [-0.2, 0) is 10.0 Å². The Morgan fingerprint density at radius 3 is 2.38 bits per heavy atom. The van der Waals surface area contributed by atoms with Gasteiger partial charge in [-0.2, -0.15) is 4.31 Å². The van der Waals surface area contributed by atoms with Crippen molar-refractivity contribution in [3.8, 4) is 5.75 Å². The molecule has 3 rings (SSSR count). The van der Waals surface area contributed by atoms with Crippen molar-refractivity contribution in [1.82, 2.24) is 4.31 Å². The van der Waals surface area contributed by atoms with Crippen molar-refractivity contribution in [1.29, 1.82) is 0 Å². The molecule has 1 saturated heterocycles. The van der Waals surface area contributed by atoms with Crippen molar-refractivity contribution in [2.75, 3.05) is 25.5 Å². The normalized spacial score (nSPS) is 15.4. The minimum absolute atomic E-state index is 0.154. The lowest BCUT2D eigenvalue weighted by molar-refractivity contribution is 0.102. The molecule has 0 unspecified atom stereocenters. The van der Waals surface area contributed by atoms with Crippen LogP contribution in [0.15, 0.2) is 53.4 Å². The third-order valence-corrected chi connectivity index (χ3v) is 6.29. The van der Waals surface area contributed by atoms with E-state index in [9.17, 15) is 13.2 Å². The van der Waals surface area contributed by atoms with Gasteiger partial charge in [0.05, 0.1) is 12.0 Å². The van der Waals surface area contributed by atoms with Crippen LogP contribution in [0, 0.1) is 0 Å². The molecule has 1 amide bonds. The van der Waals surface area contributed by atoms with E-state index in [1.54, 1.807) is 43.5 Å². The number of benzene rings is 2. The number of rotatable bonds is 5. The van der Waals surface area contributed by atoms with Crippen LogP contribution in [0.5, 0.6) is 5.75 Å². The lowest BCUT2D eigenvalue weighted by atomic mass is 10.2. The molecule has 0 aromatic heterocycles. The number of nitrogens with one attached hydrogen (secondary N) is 1. The molecule has 0 radical (unpaired) electrons. The van der Waals surface area contributed by atoms with Gasteiger partial charge in [-0.25, -0.2) is 8.42 Å². The van der Waals surface area contributed by atoms with Crippen LogP contribution in [0.2, 0.25) is 0 Å². The predicted octanol–water partition coefficient (Wildman–Crippen LogP) is 3.12. The number of carbonyl (C=O) groups is 1. The topological polar surface area (TPSA) is 75.7 Å². The van der Waals surface area contributed by atoms with Gasteiger partial charge in [-0.3, -0.25) is 4.79 Å². The number of carbonyl (C=O) groups excluding carboxylic acids is 1. The number of anilines is 1. The van der Waals surface area contributed by atoms with E-state index in [0.29, 0.717) is 30.1 Å². The Balaban J connectivity index is 1.78. The summed E-state index contributed by atoms with van der Waals surface area (Å²) in [6.45, 7) is 1.06. The van der Waals surface area contributed by atoms with Gasteiger partial charge in [-0.05, 0) is 55.3 Å². The standard InChI is InChI=1S/C19H22N2O4S/c1-25-17-10-8-16(9-11-17)20-19(22)15-6-5-7-18(14-15)26(23,24)21-12-3-2-4-13-21/h5-11,14H,2-4,12-13H2,1H3,(H,20,22). The lowest BCUT2D eigenvalue weighted by Crippen LogP contribution is -2.35. The molecule has 26 heavy (non-hydrogen) atoms. The Morgan fingerprint density at radius 1 is 1.04 bits per heavy atom. The highest BCUT2D eigenvalue weighted by Gasteiger charge is 2.26. The number of piperidine rings is 1. The molecule has 1 aliphatic heterocycles. The third-order valence-electron chi connectivity index (χ3n) is 4.40. The highest BCUT2D eigenvalue weighted by Crippen LogP contribution is 2.22. The van der Waals surface area contributed by atoms with E-state index in [-0.39, 0.29) is 10.8 Å². The molecule has 0 atom stereocenters. The molecule has 1 fully saturated rings. The molecule has 6 nitrogen and oxygen atoms in total. The first-order valence-electron chi connectivity index (χ1n) is 8.56. The summed E-state index contributed by atoms with van der Waals surface area (Å²) in [6.07, 6.45) is 2.80. The van der Waals surface area contributed by atoms with Crippen molar-refractivity contribution in [3.63, 3.8) is 0 Å². The molecular formula is C19H22N2O4S. The van der Waals surface area contributed by atoms with E-state index in [2.05, 4.69) is 5.32 Å². The van der Waals surface area contributed by atoms with Crippen LogP contribution in [0.25, 0.3) is 0 Å². The first-order valence-corrected chi connectivity index (χ1v) is 10.0. The van der Waals surface area contributed by atoms with Crippen molar-refractivity contribution >= 4 is 21.6 Å². The quantitative estimate of drug-likeness (QED) is 0.872. The Morgan fingerprint density at radius 2 is 1.73 bits per heavy atom. The molecule has 0 aliphatic carbocycles. The molecule has 138 valence electrons. The highest BCUT2D eigenvalue weighted by atomic mass is 32.2. The average molecular weight is 374 g/mol.